The number of carbonyl (C=O) groups is 1. The zero-order valence-electron chi connectivity index (χ0n) is 16.2. The first-order chi connectivity index (χ1) is 13.5. The maximum absolute atomic E-state index is 12.2. The van der Waals surface area contributed by atoms with Crippen LogP contribution in [0.1, 0.15) is 25.6 Å². The molecule has 1 aromatic carbocycles. The van der Waals surface area contributed by atoms with E-state index < -0.39 is 6.10 Å². The summed E-state index contributed by atoms with van der Waals surface area (Å²) in [5.74, 6) is 2.42. The van der Waals surface area contributed by atoms with Crippen LogP contribution in [0.5, 0.6) is 11.6 Å². The molecule has 8 heteroatoms. The SMILES string of the molecule is Cc1nc(OCCNC(=O)C(C)Oc2cccc(Cl)c2)cc(N2CCCC2)n1. The number of hydrogen-bond acceptors (Lipinski definition) is 6. The number of aryl methyl sites for hydroxylation is 1. The van der Waals surface area contributed by atoms with Crippen LogP contribution in [0.2, 0.25) is 5.02 Å². The molecule has 7 nitrogen and oxygen atoms in total. The van der Waals surface area contributed by atoms with Gasteiger partial charge in [-0.2, -0.15) is 4.98 Å². The van der Waals surface area contributed by atoms with E-state index in [1.165, 1.54) is 12.8 Å². The Kier molecular flexibility index (Phi) is 6.92. The van der Waals surface area contributed by atoms with Crippen LogP contribution in [0, 0.1) is 6.92 Å². The fraction of sp³-hybridized carbons (Fsp3) is 0.450. The number of ether oxygens (including phenoxy) is 2. The molecular weight excluding hydrogens is 380 g/mol. The van der Waals surface area contributed by atoms with Crippen molar-refractivity contribution in [1.82, 2.24) is 15.3 Å². The number of hydrogen-bond donors (Lipinski definition) is 1. The third kappa shape index (κ3) is 5.73. The first-order valence-electron chi connectivity index (χ1n) is 9.44. The third-order valence-electron chi connectivity index (χ3n) is 4.36. The standard InChI is InChI=1S/C20H25ClN4O3/c1-14(28-17-7-5-6-16(21)12-17)20(26)22-8-11-27-19-13-18(23-15(2)24-19)25-9-3-4-10-25/h5-7,12-14H,3-4,8-11H2,1-2H3,(H,22,26). The zero-order valence-corrected chi connectivity index (χ0v) is 16.9. The Morgan fingerprint density at radius 1 is 1.29 bits per heavy atom. The Hall–Kier alpha value is -2.54. The molecule has 1 atom stereocenters. The molecule has 2 heterocycles. The van der Waals surface area contributed by atoms with Crippen molar-refractivity contribution in [3.63, 3.8) is 0 Å². The summed E-state index contributed by atoms with van der Waals surface area (Å²) in [7, 11) is 0. The van der Waals surface area contributed by atoms with E-state index >= 15 is 0 Å². The van der Waals surface area contributed by atoms with Crippen molar-refractivity contribution in [3.8, 4) is 11.6 Å². The van der Waals surface area contributed by atoms with Gasteiger partial charge in [0.1, 0.15) is 24.0 Å². The molecule has 3 rings (SSSR count). The fourth-order valence-electron chi connectivity index (χ4n) is 2.98. The van der Waals surface area contributed by atoms with E-state index in [9.17, 15) is 4.79 Å². The zero-order chi connectivity index (χ0) is 19.9. The highest BCUT2D eigenvalue weighted by molar-refractivity contribution is 6.30. The highest BCUT2D eigenvalue weighted by atomic mass is 35.5. The van der Waals surface area contributed by atoms with Crippen molar-refractivity contribution < 1.29 is 14.3 Å². The molecule has 0 spiro atoms. The minimum atomic E-state index is -0.637. The van der Waals surface area contributed by atoms with Crippen molar-refractivity contribution >= 4 is 23.3 Å². The maximum atomic E-state index is 12.2. The van der Waals surface area contributed by atoms with Crippen LogP contribution in [0.25, 0.3) is 0 Å². The number of amides is 1. The van der Waals surface area contributed by atoms with Gasteiger partial charge in [0.15, 0.2) is 6.10 Å². The summed E-state index contributed by atoms with van der Waals surface area (Å²) in [5, 5.41) is 3.36. The van der Waals surface area contributed by atoms with Gasteiger partial charge in [-0.25, -0.2) is 4.98 Å². The van der Waals surface area contributed by atoms with Gasteiger partial charge < -0.3 is 19.7 Å². The van der Waals surface area contributed by atoms with Crippen LogP contribution < -0.4 is 19.7 Å². The summed E-state index contributed by atoms with van der Waals surface area (Å²) in [4.78, 5) is 23.2. The molecule has 2 aromatic rings. The number of aromatic nitrogens is 2. The van der Waals surface area contributed by atoms with Crippen LogP contribution in [0.3, 0.4) is 0 Å². The normalized spacial score (nSPS) is 14.6. The second-order valence-corrected chi connectivity index (χ2v) is 7.10. The number of anilines is 1. The lowest BCUT2D eigenvalue weighted by Crippen LogP contribution is -2.38. The third-order valence-corrected chi connectivity index (χ3v) is 4.60. The number of nitrogens with zero attached hydrogens (tertiary/aromatic N) is 3. The predicted molar refractivity (Wildman–Crippen MR) is 108 cm³/mol. The van der Waals surface area contributed by atoms with Gasteiger partial charge in [0.2, 0.25) is 5.88 Å². The average molecular weight is 405 g/mol. The summed E-state index contributed by atoms with van der Waals surface area (Å²) >= 11 is 5.92. The predicted octanol–water partition coefficient (Wildman–Crippen LogP) is 3.00. The van der Waals surface area contributed by atoms with E-state index in [1.807, 2.05) is 13.0 Å². The van der Waals surface area contributed by atoms with E-state index in [0.29, 0.717) is 35.6 Å². The summed E-state index contributed by atoms with van der Waals surface area (Å²) in [6.45, 7) is 6.22. The van der Waals surface area contributed by atoms with Crippen LogP contribution in [0.4, 0.5) is 5.82 Å². The Morgan fingerprint density at radius 2 is 2.07 bits per heavy atom. The molecule has 1 saturated heterocycles. The second kappa shape index (κ2) is 9.59. The summed E-state index contributed by atoms with van der Waals surface area (Å²) < 4.78 is 11.3. The van der Waals surface area contributed by atoms with Gasteiger partial charge in [0, 0.05) is 24.2 Å². The smallest absolute Gasteiger partial charge is 0.260 e. The Balaban J connectivity index is 1.44. The monoisotopic (exact) mass is 404 g/mol. The molecule has 1 unspecified atom stereocenters. The minimum Gasteiger partial charge on any atom is -0.481 e. The largest absolute Gasteiger partial charge is 0.481 e. The summed E-state index contributed by atoms with van der Waals surface area (Å²) in [6.07, 6.45) is 1.73. The van der Waals surface area contributed by atoms with Crippen LogP contribution >= 0.6 is 11.6 Å². The molecule has 28 heavy (non-hydrogen) atoms. The Labute approximate surface area is 170 Å². The Bertz CT molecular complexity index is 812. The molecule has 0 bridgehead atoms. The van der Waals surface area contributed by atoms with E-state index in [0.717, 1.165) is 18.9 Å². The van der Waals surface area contributed by atoms with Crippen molar-refractivity contribution in [2.24, 2.45) is 0 Å². The highest BCUT2D eigenvalue weighted by Gasteiger charge is 2.16. The van der Waals surface area contributed by atoms with E-state index in [1.54, 1.807) is 31.2 Å². The van der Waals surface area contributed by atoms with Gasteiger partial charge >= 0.3 is 0 Å². The Morgan fingerprint density at radius 3 is 2.82 bits per heavy atom. The second-order valence-electron chi connectivity index (χ2n) is 6.66. The van der Waals surface area contributed by atoms with Crippen molar-refractivity contribution in [3.05, 3.63) is 41.2 Å². The van der Waals surface area contributed by atoms with E-state index in [2.05, 4.69) is 20.2 Å². The van der Waals surface area contributed by atoms with Gasteiger partial charge in [0.05, 0.1) is 6.54 Å². The highest BCUT2D eigenvalue weighted by Crippen LogP contribution is 2.21. The first kappa shape index (κ1) is 20.2. The van der Waals surface area contributed by atoms with Gasteiger partial charge in [-0.15, -0.1) is 0 Å². The molecular formula is C20H25ClN4O3. The lowest BCUT2D eigenvalue weighted by molar-refractivity contribution is -0.127. The molecule has 1 aromatic heterocycles. The molecule has 1 aliphatic rings. The molecule has 1 amide bonds. The lowest BCUT2D eigenvalue weighted by Gasteiger charge is -2.18. The molecule has 0 radical (unpaired) electrons. The van der Waals surface area contributed by atoms with Gasteiger partial charge in [-0.1, -0.05) is 17.7 Å². The minimum absolute atomic E-state index is 0.222. The summed E-state index contributed by atoms with van der Waals surface area (Å²) in [6, 6.07) is 8.81. The van der Waals surface area contributed by atoms with E-state index in [4.69, 9.17) is 21.1 Å². The molecule has 150 valence electrons. The van der Waals surface area contributed by atoms with Crippen molar-refractivity contribution in [2.45, 2.75) is 32.8 Å². The molecule has 1 N–H and O–H groups in total. The quantitative estimate of drug-likeness (QED) is 0.681. The molecule has 0 saturated carbocycles. The number of benzene rings is 1. The number of carbonyl (C=O) groups excluding carboxylic acids is 1. The van der Waals surface area contributed by atoms with Gasteiger partial charge in [-0.05, 0) is 44.9 Å². The van der Waals surface area contributed by atoms with Crippen LogP contribution in [-0.4, -0.2) is 48.2 Å². The molecule has 1 fully saturated rings. The van der Waals surface area contributed by atoms with Crippen LogP contribution in [-0.2, 0) is 4.79 Å². The number of nitrogens with one attached hydrogen (secondary N) is 1. The number of halogens is 1. The molecule has 0 aliphatic carbocycles. The van der Waals surface area contributed by atoms with E-state index in [-0.39, 0.29) is 5.91 Å². The van der Waals surface area contributed by atoms with Crippen molar-refractivity contribution in [2.75, 3.05) is 31.1 Å². The topological polar surface area (TPSA) is 76.6 Å². The van der Waals surface area contributed by atoms with Crippen LogP contribution in [0.15, 0.2) is 30.3 Å². The van der Waals surface area contributed by atoms with Crippen molar-refractivity contribution in [1.29, 1.82) is 0 Å². The maximum Gasteiger partial charge on any atom is 0.260 e. The lowest BCUT2D eigenvalue weighted by atomic mass is 10.3. The van der Waals surface area contributed by atoms with Gasteiger partial charge in [0.25, 0.3) is 5.91 Å². The molecule has 1 aliphatic heterocycles. The van der Waals surface area contributed by atoms with Gasteiger partial charge in [-0.3, -0.25) is 4.79 Å². The average Bonchev–Trinajstić information content (AvgIpc) is 3.19. The number of rotatable bonds is 8. The first-order valence-corrected chi connectivity index (χ1v) is 9.82. The fourth-order valence-corrected chi connectivity index (χ4v) is 3.16. The summed E-state index contributed by atoms with van der Waals surface area (Å²) in [5.41, 5.74) is 0.